The molecule has 0 amide bonds. The summed E-state index contributed by atoms with van der Waals surface area (Å²) in [7, 11) is 0. The number of carboxylic acid groups (broad SMARTS) is 1. The van der Waals surface area contributed by atoms with Crippen molar-refractivity contribution < 1.29 is 14.6 Å². The first-order chi connectivity index (χ1) is 21.1. The number of carbonyl (C=O) groups is 1. The molecule has 0 radical (unpaired) electrons. The van der Waals surface area contributed by atoms with Crippen molar-refractivity contribution in [1.29, 1.82) is 0 Å². The van der Waals surface area contributed by atoms with Crippen LogP contribution in [0.1, 0.15) is 54.1 Å². The first kappa shape index (κ1) is 26.6. The number of carboxylic acids is 1. The number of fused-ring (bicyclic) bond motifs is 1. The van der Waals surface area contributed by atoms with Crippen molar-refractivity contribution in [2.45, 2.75) is 44.8 Å². The third kappa shape index (κ3) is 5.37. The van der Waals surface area contributed by atoms with Crippen LogP contribution in [-0.2, 0) is 6.61 Å². The maximum Gasteiger partial charge on any atom is 0.335 e. The summed E-state index contributed by atoms with van der Waals surface area (Å²) in [6.07, 6.45) is 5.96. The van der Waals surface area contributed by atoms with Crippen LogP contribution in [0.5, 0.6) is 5.75 Å². The van der Waals surface area contributed by atoms with E-state index in [1.54, 1.807) is 12.1 Å². The summed E-state index contributed by atoms with van der Waals surface area (Å²) in [5.41, 5.74) is 6.88. The number of ether oxygens (including phenoxy) is 1. The Balaban J connectivity index is 1.19. The van der Waals surface area contributed by atoms with Crippen molar-refractivity contribution in [2.75, 3.05) is 0 Å². The minimum absolute atomic E-state index is 0.234. The number of benzene rings is 4. The Hall–Kier alpha value is -5.31. The fraction of sp³-hybridized carbons (Fsp3) is 0.206. The Bertz CT molecular complexity index is 1880. The first-order valence-electron chi connectivity index (χ1n) is 14.5. The zero-order valence-electron chi connectivity index (χ0n) is 23.5. The van der Waals surface area contributed by atoms with Gasteiger partial charge in [-0.1, -0.05) is 55.7 Å². The number of H-pyrrole nitrogens is 1. The highest BCUT2D eigenvalue weighted by Gasteiger charge is 2.23. The molecule has 0 saturated heterocycles. The third-order valence-corrected chi connectivity index (χ3v) is 8.18. The predicted octanol–water partition coefficient (Wildman–Crippen LogP) is 7.33. The first-order valence-corrected chi connectivity index (χ1v) is 14.5. The minimum Gasteiger partial charge on any atom is -0.489 e. The number of nitrogens with zero attached hydrogens (tertiary/aromatic N) is 5. The maximum absolute atomic E-state index is 11.7. The molecule has 0 bridgehead atoms. The highest BCUT2D eigenvalue weighted by Crippen LogP contribution is 2.37. The van der Waals surface area contributed by atoms with Gasteiger partial charge in [0.2, 0.25) is 5.82 Å². The summed E-state index contributed by atoms with van der Waals surface area (Å²) < 4.78 is 8.60. The van der Waals surface area contributed by atoms with E-state index >= 15 is 0 Å². The number of aromatic nitrogens is 6. The molecule has 4 aromatic carbocycles. The van der Waals surface area contributed by atoms with Crippen molar-refractivity contribution in [2.24, 2.45) is 0 Å². The highest BCUT2D eigenvalue weighted by atomic mass is 16.5. The van der Waals surface area contributed by atoms with E-state index in [1.165, 1.54) is 19.3 Å². The lowest BCUT2D eigenvalue weighted by Crippen LogP contribution is -2.14. The molecule has 1 aliphatic rings. The van der Waals surface area contributed by atoms with Crippen LogP contribution in [0, 0.1) is 0 Å². The van der Waals surface area contributed by atoms with Crippen molar-refractivity contribution >= 4 is 17.0 Å². The van der Waals surface area contributed by atoms with E-state index in [0.29, 0.717) is 17.6 Å². The van der Waals surface area contributed by atoms with E-state index < -0.39 is 5.97 Å². The fourth-order valence-corrected chi connectivity index (χ4v) is 6.04. The Kier molecular flexibility index (Phi) is 7.12. The molecule has 0 spiro atoms. The van der Waals surface area contributed by atoms with Crippen LogP contribution in [0.15, 0.2) is 91.0 Å². The van der Waals surface area contributed by atoms with E-state index in [2.05, 4.69) is 31.3 Å². The smallest absolute Gasteiger partial charge is 0.335 e. The number of hydrogen-bond donors (Lipinski definition) is 2. The summed E-state index contributed by atoms with van der Waals surface area (Å²) in [5.74, 6) is 1.21. The van der Waals surface area contributed by atoms with Crippen LogP contribution in [0.25, 0.3) is 44.9 Å². The molecule has 2 N–H and O–H groups in total. The summed E-state index contributed by atoms with van der Waals surface area (Å²) in [6.45, 7) is 0.240. The third-order valence-electron chi connectivity index (χ3n) is 8.18. The van der Waals surface area contributed by atoms with Gasteiger partial charge in [-0.2, -0.15) is 5.21 Å². The van der Waals surface area contributed by atoms with Gasteiger partial charge < -0.3 is 14.4 Å². The molecule has 0 atom stereocenters. The fourth-order valence-electron chi connectivity index (χ4n) is 6.04. The number of hydrogen-bond acceptors (Lipinski definition) is 6. The highest BCUT2D eigenvalue weighted by molar-refractivity contribution is 5.89. The van der Waals surface area contributed by atoms with Crippen molar-refractivity contribution in [3.63, 3.8) is 0 Å². The van der Waals surface area contributed by atoms with Gasteiger partial charge in [-0.05, 0) is 89.3 Å². The second kappa shape index (κ2) is 11.5. The Labute approximate surface area is 248 Å². The number of aromatic amines is 1. The number of aromatic carboxylic acids is 1. The second-order valence-corrected chi connectivity index (χ2v) is 10.9. The van der Waals surface area contributed by atoms with E-state index in [9.17, 15) is 9.90 Å². The molecule has 0 unspecified atom stereocenters. The summed E-state index contributed by atoms with van der Waals surface area (Å²) in [5, 5.41) is 24.0. The second-order valence-electron chi connectivity index (χ2n) is 10.9. The zero-order valence-corrected chi connectivity index (χ0v) is 23.5. The Morgan fingerprint density at radius 2 is 1.67 bits per heavy atom. The number of tetrazole rings is 1. The standard InChI is InChI=1S/C34H30N6O3/c41-34(42)25-13-17-29(22-7-3-1-4-8-22)26(19-25)21-43-28-15-11-23(12-16-28)33-35-30-20-24(32-36-38-39-37-32)14-18-31(30)40(33)27-9-5-2-6-10-27/h1,3-4,7-8,11-20,27H,2,5-6,9-10,21H2,(H,41,42)(H,36,37,38,39). The number of rotatable bonds is 8. The van der Waals surface area contributed by atoms with Gasteiger partial charge in [-0.25, -0.2) is 9.78 Å². The topological polar surface area (TPSA) is 119 Å². The van der Waals surface area contributed by atoms with E-state index in [0.717, 1.165) is 57.5 Å². The average molecular weight is 571 g/mol. The molecule has 214 valence electrons. The van der Waals surface area contributed by atoms with E-state index in [1.807, 2.05) is 72.8 Å². The summed E-state index contributed by atoms with van der Waals surface area (Å²) in [6, 6.07) is 29.6. The predicted molar refractivity (Wildman–Crippen MR) is 164 cm³/mol. The molecule has 9 heteroatoms. The maximum atomic E-state index is 11.7. The van der Waals surface area contributed by atoms with E-state index in [-0.39, 0.29) is 12.2 Å². The van der Waals surface area contributed by atoms with Gasteiger partial charge in [-0.15, -0.1) is 10.2 Å². The Morgan fingerprint density at radius 1 is 0.884 bits per heavy atom. The van der Waals surface area contributed by atoms with Crippen LogP contribution in [0.3, 0.4) is 0 Å². The van der Waals surface area contributed by atoms with Crippen molar-refractivity contribution in [3.8, 4) is 39.7 Å². The molecule has 1 saturated carbocycles. The van der Waals surface area contributed by atoms with Crippen LogP contribution >= 0.6 is 0 Å². The molecule has 9 nitrogen and oxygen atoms in total. The summed E-state index contributed by atoms with van der Waals surface area (Å²) >= 11 is 0. The number of imidazole rings is 1. The van der Waals surface area contributed by atoms with Gasteiger partial charge in [0.25, 0.3) is 0 Å². The molecular weight excluding hydrogens is 540 g/mol. The molecule has 1 fully saturated rings. The SMILES string of the molecule is O=C(O)c1ccc(-c2ccccc2)c(COc2ccc(-c3nc4cc(-c5nn[nH]n5)ccc4n3C3CCCCC3)cc2)c1. The number of nitrogens with one attached hydrogen (secondary N) is 1. The molecule has 6 aromatic rings. The molecule has 2 aromatic heterocycles. The van der Waals surface area contributed by atoms with Gasteiger partial charge in [0.15, 0.2) is 0 Å². The lowest BCUT2D eigenvalue weighted by atomic mass is 9.95. The van der Waals surface area contributed by atoms with Crippen LogP contribution in [-0.4, -0.2) is 41.3 Å². The normalized spacial score (nSPS) is 13.8. The molecule has 7 rings (SSSR count). The van der Waals surface area contributed by atoms with Crippen molar-refractivity contribution in [1.82, 2.24) is 30.2 Å². The van der Waals surface area contributed by atoms with Gasteiger partial charge in [0.1, 0.15) is 18.2 Å². The lowest BCUT2D eigenvalue weighted by molar-refractivity contribution is 0.0696. The summed E-state index contributed by atoms with van der Waals surface area (Å²) in [4.78, 5) is 16.8. The van der Waals surface area contributed by atoms with Crippen LogP contribution in [0.4, 0.5) is 0 Å². The van der Waals surface area contributed by atoms with Gasteiger partial charge in [-0.3, -0.25) is 0 Å². The van der Waals surface area contributed by atoms with Gasteiger partial charge in [0.05, 0.1) is 16.6 Å². The zero-order chi connectivity index (χ0) is 29.2. The van der Waals surface area contributed by atoms with Crippen LogP contribution < -0.4 is 4.74 Å². The average Bonchev–Trinajstić information content (AvgIpc) is 3.73. The lowest BCUT2D eigenvalue weighted by Gasteiger charge is -2.25. The molecule has 43 heavy (non-hydrogen) atoms. The largest absolute Gasteiger partial charge is 0.489 e. The molecular formula is C34H30N6O3. The Morgan fingerprint density at radius 3 is 2.42 bits per heavy atom. The van der Waals surface area contributed by atoms with Crippen LogP contribution in [0.2, 0.25) is 0 Å². The monoisotopic (exact) mass is 570 g/mol. The minimum atomic E-state index is -0.963. The van der Waals surface area contributed by atoms with E-state index in [4.69, 9.17) is 9.72 Å². The van der Waals surface area contributed by atoms with Gasteiger partial charge >= 0.3 is 5.97 Å². The molecule has 0 aliphatic heterocycles. The molecule has 1 aliphatic carbocycles. The quantitative estimate of drug-likeness (QED) is 0.197. The van der Waals surface area contributed by atoms with Gasteiger partial charge in [0, 0.05) is 17.2 Å². The molecule has 2 heterocycles. The van der Waals surface area contributed by atoms with Crippen molar-refractivity contribution in [3.05, 3.63) is 102 Å².